The monoisotopic (exact) mass is 310 g/mol. The number of likely N-dealkylation sites (tertiary alicyclic amines) is 1. The van der Waals surface area contributed by atoms with Crippen molar-refractivity contribution in [3.05, 3.63) is 0 Å². The number of rotatable bonds is 6. The Morgan fingerprint density at radius 1 is 1.38 bits per heavy atom. The molecule has 0 aliphatic carbocycles. The van der Waals surface area contributed by atoms with Crippen LogP contribution in [0.5, 0.6) is 0 Å². The van der Waals surface area contributed by atoms with Crippen molar-refractivity contribution in [2.45, 2.75) is 51.4 Å². The molecule has 0 amide bonds. The number of carbonyl (C=O) groups is 1. The summed E-state index contributed by atoms with van der Waals surface area (Å²) in [6.45, 7) is 4.53. The summed E-state index contributed by atoms with van der Waals surface area (Å²) in [5.41, 5.74) is 0. The third kappa shape index (κ3) is 7.13. The molecule has 1 saturated heterocycles. The van der Waals surface area contributed by atoms with Gasteiger partial charge in [-0.15, -0.1) is 0 Å². The van der Waals surface area contributed by atoms with Crippen LogP contribution in [0.15, 0.2) is 0 Å². The minimum absolute atomic E-state index is 0.189. The van der Waals surface area contributed by atoms with E-state index in [-0.39, 0.29) is 24.0 Å². The number of ether oxygens (including phenoxy) is 1. The lowest BCUT2D eigenvalue weighted by molar-refractivity contribution is -0.141. The van der Waals surface area contributed by atoms with E-state index < -0.39 is 12.7 Å². The van der Waals surface area contributed by atoms with E-state index in [4.69, 9.17) is 0 Å². The number of halogens is 3. The van der Waals surface area contributed by atoms with Gasteiger partial charge in [-0.25, -0.2) is 0 Å². The van der Waals surface area contributed by atoms with E-state index >= 15 is 0 Å². The summed E-state index contributed by atoms with van der Waals surface area (Å²) >= 11 is 0. The largest absolute Gasteiger partial charge is 0.469 e. The van der Waals surface area contributed by atoms with Gasteiger partial charge in [0.1, 0.15) is 0 Å². The second-order valence-corrected chi connectivity index (χ2v) is 5.96. The Balaban J connectivity index is 2.53. The summed E-state index contributed by atoms with van der Waals surface area (Å²) in [4.78, 5) is 13.4. The lowest BCUT2D eigenvalue weighted by Crippen LogP contribution is -2.52. The first kappa shape index (κ1) is 18.2. The minimum Gasteiger partial charge on any atom is -0.469 e. The van der Waals surface area contributed by atoms with E-state index in [0.29, 0.717) is 25.8 Å². The van der Waals surface area contributed by atoms with Crippen molar-refractivity contribution in [2.75, 3.05) is 26.7 Å². The Labute approximate surface area is 124 Å². The number of nitrogens with zero attached hydrogens (tertiary/aromatic N) is 1. The first-order valence-electron chi connectivity index (χ1n) is 7.32. The molecular weight excluding hydrogens is 285 g/mol. The highest BCUT2D eigenvalue weighted by atomic mass is 19.4. The van der Waals surface area contributed by atoms with Gasteiger partial charge in [0, 0.05) is 31.6 Å². The lowest BCUT2D eigenvalue weighted by atomic mass is 9.89. The second kappa shape index (κ2) is 7.98. The maximum atomic E-state index is 12.3. The molecule has 0 spiro atoms. The summed E-state index contributed by atoms with van der Waals surface area (Å²) in [6.07, 6.45) is -2.56. The number of alkyl halides is 3. The van der Waals surface area contributed by atoms with Crippen molar-refractivity contribution in [3.8, 4) is 0 Å². The van der Waals surface area contributed by atoms with Gasteiger partial charge >= 0.3 is 12.1 Å². The van der Waals surface area contributed by atoms with Gasteiger partial charge in [0.05, 0.1) is 13.7 Å². The molecule has 2 atom stereocenters. The fourth-order valence-electron chi connectivity index (χ4n) is 2.70. The molecule has 1 fully saturated rings. The summed E-state index contributed by atoms with van der Waals surface area (Å²) in [6, 6.07) is 0.0894. The van der Waals surface area contributed by atoms with E-state index in [1.54, 1.807) is 0 Å². The second-order valence-electron chi connectivity index (χ2n) is 5.96. The fraction of sp³-hybridized carbons (Fsp3) is 0.929. The smallest absolute Gasteiger partial charge is 0.401 e. The van der Waals surface area contributed by atoms with Crippen LogP contribution < -0.4 is 5.32 Å². The molecule has 0 aromatic carbocycles. The van der Waals surface area contributed by atoms with Gasteiger partial charge in [0.2, 0.25) is 0 Å². The molecule has 1 N–H and O–H groups in total. The Morgan fingerprint density at radius 2 is 2.05 bits per heavy atom. The molecule has 0 aromatic rings. The molecule has 0 radical (unpaired) electrons. The molecular formula is C14H25F3N2O2. The minimum atomic E-state index is -4.19. The predicted octanol–water partition coefficient (Wildman–Crippen LogP) is 2.19. The van der Waals surface area contributed by atoms with Gasteiger partial charge in [0.25, 0.3) is 0 Å². The van der Waals surface area contributed by atoms with E-state index in [0.717, 1.165) is 6.54 Å². The zero-order valence-electron chi connectivity index (χ0n) is 12.9. The number of piperidine rings is 1. The Bertz CT molecular complexity index is 335. The number of esters is 1. The summed E-state index contributed by atoms with van der Waals surface area (Å²) in [5, 5.41) is 2.60. The van der Waals surface area contributed by atoms with Crippen LogP contribution in [0.25, 0.3) is 0 Å². The average Bonchev–Trinajstić information content (AvgIpc) is 2.41. The van der Waals surface area contributed by atoms with Crippen LogP contribution in [0.3, 0.4) is 0 Å². The van der Waals surface area contributed by atoms with E-state index in [1.165, 1.54) is 7.11 Å². The molecule has 1 aliphatic heterocycles. The molecule has 1 aliphatic rings. The quantitative estimate of drug-likeness (QED) is 0.764. The van der Waals surface area contributed by atoms with Crippen LogP contribution in [-0.2, 0) is 9.53 Å². The number of hydrogen-bond donors (Lipinski definition) is 1. The van der Waals surface area contributed by atoms with E-state index in [1.807, 2.05) is 13.8 Å². The van der Waals surface area contributed by atoms with Crippen LogP contribution in [0.4, 0.5) is 13.2 Å². The number of nitrogens with one attached hydrogen (secondary N) is 1. The molecule has 21 heavy (non-hydrogen) atoms. The van der Waals surface area contributed by atoms with Gasteiger partial charge < -0.3 is 10.1 Å². The van der Waals surface area contributed by atoms with E-state index in [2.05, 4.69) is 15.0 Å². The first-order valence-corrected chi connectivity index (χ1v) is 7.32. The van der Waals surface area contributed by atoms with Crippen molar-refractivity contribution < 1.29 is 22.7 Å². The van der Waals surface area contributed by atoms with Crippen molar-refractivity contribution >= 4 is 5.97 Å². The molecule has 1 rings (SSSR count). The Hall–Kier alpha value is -0.820. The third-order valence-electron chi connectivity index (χ3n) is 3.87. The van der Waals surface area contributed by atoms with Crippen molar-refractivity contribution in [3.63, 3.8) is 0 Å². The molecule has 1 heterocycles. The highest BCUT2D eigenvalue weighted by molar-refractivity contribution is 5.69. The molecule has 124 valence electrons. The Morgan fingerprint density at radius 3 is 2.57 bits per heavy atom. The molecule has 7 heteroatoms. The number of carbonyl (C=O) groups excluding carboxylic acids is 1. The van der Waals surface area contributed by atoms with Gasteiger partial charge in [-0.3, -0.25) is 9.69 Å². The van der Waals surface area contributed by atoms with Crippen LogP contribution in [0, 0.1) is 5.92 Å². The van der Waals surface area contributed by atoms with Crippen LogP contribution in [-0.4, -0.2) is 55.9 Å². The molecule has 0 bridgehead atoms. The third-order valence-corrected chi connectivity index (χ3v) is 3.87. The number of methoxy groups -OCH3 is 1. The maximum absolute atomic E-state index is 12.3. The fourth-order valence-corrected chi connectivity index (χ4v) is 2.70. The molecule has 4 nitrogen and oxygen atoms in total. The van der Waals surface area contributed by atoms with Crippen molar-refractivity contribution in [1.82, 2.24) is 10.2 Å². The molecule has 2 unspecified atom stereocenters. The van der Waals surface area contributed by atoms with E-state index in [9.17, 15) is 18.0 Å². The van der Waals surface area contributed by atoms with Gasteiger partial charge in [-0.05, 0) is 32.6 Å². The van der Waals surface area contributed by atoms with Crippen LogP contribution in [0.2, 0.25) is 0 Å². The summed E-state index contributed by atoms with van der Waals surface area (Å²) in [5.74, 6) is -0.0533. The summed E-state index contributed by atoms with van der Waals surface area (Å²) < 4.78 is 41.6. The molecule has 0 saturated carbocycles. The number of hydrogen-bond acceptors (Lipinski definition) is 4. The average molecular weight is 310 g/mol. The normalized spacial score (nSPS) is 24.3. The topological polar surface area (TPSA) is 41.6 Å². The van der Waals surface area contributed by atoms with Crippen LogP contribution in [0.1, 0.15) is 33.1 Å². The predicted molar refractivity (Wildman–Crippen MR) is 73.9 cm³/mol. The van der Waals surface area contributed by atoms with Crippen LogP contribution >= 0.6 is 0 Å². The zero-order valence-corrected chi connectivity index (χ0v) is 12.9. The highest BCUT2D eigenvalue weighted by Gasteiger charge is 2.32. The van der Waals surface area contributed by atoms with Gasteiger partial charge in [0.15, 0.2) is 0 Å². The Kier molecular flexibility index (Phi) is 6.93. The lowest BCUT2D eigenvalue weighted by Gasteiger charge is -2.40. The summed E-state index contributed by atoms with van der Waals surface area (Å²) in [7, 11) is 1.34. The standard InChI is InChI=1S/C14H25F3N2O2/c1-10(2)19-7-11(4-5-13(20)21-3)6-12(8-19)18-9-14(15,16)17/h10-12,18H,4-9H2,1-3H3. The van der Waals surface area contributed by atoms with Crippen molar-refractivity contribution in [2.24, 2.45) is 5.92 Å². The SMILES string of the molecule is COC(=O)CCC1CC(NCC(F)(F)F)CN(C(C)C)C1. The first-order chi connectivity index (χ1) is 9.71. The molecule has 0 aromatic heterocycles. The van der Waals surface area contributed by atoms with Gasteiger partial charge in [-0.2, -0.15) is 13.2 Å². The maximum Gasteiger partial charge on any atom is 0.401 e. The highest BCUT2D eigenvalue weighted by Crippen LogP contribution is 2.24. The zero-order chi connectivity index (χ0) is 16.0. The van der Waals surface area contributed by atoms with Crippen molar-refractivity contribution in [1.29, 1.82) is 0 Å². The van der Waals surface area contributed by atoms with Gasteiger partial charge in [-0.1, -0.05) is 0 Å².